The minimum absolute atomic E-state index is 0.282. The van der Waals surface area contributed by atoms with E-state index in [0.29, 0.717) is 23.0 Å². The third kappa shape index (κ3) is 4.20. The summed E-state index contributed by atoms with van der Waals surface area (Å²) in [5, 5.41) is 0. The van der Waals surface area contributed by atoms with E-state index in [2.05, 4.69) is 20.7 Å². The second kappa shape index (κ2) is 6.91. The molecule has 2 unspecified atom stereocenters. The molecule has 20 heavy (non-hydrogen) atoms. The maximum absolute atomic E-state index is 12.2. The Morgan fingerprint density at radius 2 is 2.00 bits per heavy atom. The number of ether oxygens (including phenoxy) is 1. The molecule has 0 spiro atoms. The number of hydrogen-bond donors (Lipinski definition) is 1. The number of halogens is 1. The van der Waals surface area contributed by atoms with Crippen molar-refractivity contribution in [2.45, 2.75) is 35.4 Å². The first-order valence-electron chi connectivity index (χ1n) is 6.79. The highest BCUT2D eigenvalue weighted by Crippen LogP contribution is 2.28. The second-order valence-electron chi connectivity index (χ2n) is 5.16. The Labute approximate surface area is 129 Å². The third-order valence-electron chi connectivity index (χ3n) is 3.65. The zero-order valence-electron chi connectivity index (χ0n) is 11.5. The first-order chi connectivity index (χ1) is 9.51. The van der Waals surface area contributed by atoms with Gasteiger partial charge in [0.25, 0.3) is 0 Å². The topological polar surface area (TPSA) is 55.4 Å². The van der Waals surface area contributed by atoms with Gasteiger partial charge in [-0.15, -0.1) is 0 Å². The van der Waals surface area contributed by atoms with Crippen molar-refractivity contribution in [3.63, 3.8) is 0 Å². The van der Waals surface area contributed by atoms with E-state index < -0.39 is 10.0 Å². The Morgan fingerprint density at radius 1 is 1.30 bits per heavy atom. The van der Waals surface area contributed by atoms with E-state index in [4.69, 9.17) is 4.74 Å². The maximum atomic E-state index is 12.2. The molecule has 0 radical (unpaired) electrons. The number of hydrogen-bond acceptors (Lipinski definition) is 3. The Kier molecular flexibility index (Phi) is 5.46. The smallest absolute Gasteiger partial charge is 0.240 e. The Morgan fingerprint density at radius 3 is 2.60 bits per heavy atom. The molecule has 0 heterocycles. The van der Waals surface area contributed by atoms with E-state index in [1.807, 2.05) is 0 Å². The minimum Gasteiger partial charge on any atom is -0.497 e. The van der Waals surface area contributed by atoms with Crippen LogP contribution < -0.4 is 9.46 Å². The molecule has 1 fully saturated rings. The summed E-state index contributed by atoms with van der Waals surface area (Å²) in [6.07, 6.45) is 4.46. The molecule has 1 N–H and O–H groups in total. The molecule has 1 aliphatic rings. The molecule has 1 saturated carbocycles. The lowest BCUT2D eigenvalue weighted by Crippen LogP contribution is -2.32. The van der Waals surface area contributed by atoms with E-state index in [0.717, 1.165) is 19.3 Å². The number of methoxy groups -OCH3 is 1. The minimum atomic E-state index is -3.42. The van der Waals surface area contributed by atoms with E-state index in [9.17, 15) is 8.42 Å². The first-order valence-corrected chi connectivity index (χ1v) is 9.19. The predicted molar refractivity (Wildman–Crippen MR) is 82.9 cm³/mol. The van der Waals surface area contributed by atoms with Crippen LogP contribution in [0.1, 0.15) is 25.7 Å². The number of sulfonamides is 1. The van der Waals surface area contributed by atoms with Crippen molar-refractivity contribution in [2.24, 2.45) is 5.92 Å². The highest BCUT2D eigenvalue weighted by Gasteiger charge is 2.22. The summed E-state index contributed by atoms with van der Waals surface area (Å²) < 4.78 is 32.1. The molecule has 1 aliphatic carbocycles. The van der Waals surface area contributed by atoms with Crippen molar-refractivity contribution in [3.05, 3.63) is 24.3 Å². The Balaban J connectivity index is 1.96. The van der Waals surface area contributed by atoms with Gasteiger partial charge in [-0.25, -0.2) is 13.1 Å². The van der Waals surface area contributed by atoms with Gasteiger partial charge in [-0.05, 0) is 49.4 Å². The number of alkyl halides is 1. The molecule has 0 aliphatic heterocycles. The third-order valence-corrected chi connectivity index (χ3v) is 5.92. The molecule has 2 rings (SSSR count). The fraction of sp³-hybridized carbons (Fsp3) is 0.571. The number of rotatable bonds is 5. The summed E-state index contributed by atoms with van der Waals surface area (Å²) in [5.74, 6) is 1.07. The standard InChI is InChI=1S/C14H20BrNO3S/c1-19-13-5-7-14(8-6-13)20(17,18)16-10-11-3-2-4-12(15)9-11/h5-8,11-12,16H,2-4,9-10H2,1H3. The van der Waals surface area contributed by atoms with Gasteiger partial charge in [-0.3, -0.25) is 0 Å². The number of nitrogens with one attached hydrogen (secondary N) is 1. The summed E-state index contributed by atoms with van der Waals surface area (Å²) in [5.41, 5.74) is 0. The fourth-order valence-electron chi connectivity index (χ4n) is 2.48. The van der Waals surface area contributed by atoms with Crippen LogP contribution in [0, 0.1) is 5.92 Å². The SMILES string of the molecule is COc1ccc(S(=O)(=O)NCC2CCCC(Br)C2)cc1. The monoisotopic (exact) mass is 361 g/mol. The van der Waals surface area contributed by atoms with Crippen LogP contribution in [0.3, 0.4) is 0 Å². The van der Waals surface area contributed by atoms with Gasteiger partial charge in [0.1, 0.15) is 5.75 Å². The van der Waals surface area contributed by atoms with Gasteiger partial charge in [0.15, 0.2) is 0 Å². The molecular weight excluding hydrogens is 342 g/mol. The Hall–Kier alpha value is -0.590. The van der Waals surface area contributed by atoms with Gasteiger partial charge in [-0.2, -0.15) is 0 Å². The molecule has 2 atom stereocenters. The van der Waals surface area contributed by atoms with Crippen molar-refractivity contribution in [1.82, 2.24) is 4.72 Å². The predicted octanol–water partition coefficient (Wildman–Crippen LogP) is 2.93. The van der Waals surface area contributed by atoms with Crippen LogP contribution in [0.25, 0.3) is 0 Å². The van der Waals surface area contributed by atoms with Crippen LogP contribution in [0.2, 0.25) is 0 Å². The largest absolute Gasteiger partial charge is 0.497 e. The molecular formula is C14H20BrNO3S. The summed E-state index contributed by atoms with van der Waals surface area (Å²) in [6, 6.07) is 6.44. The molecule has 0 amide bonds. The first kappa shape index (κ1) is 15.8. The summed E-state index contributed by atoms with van der Waals surface area (Å²) in [7, 11) is -1.87. The van der Waals surface area contributed by atoms with Gasteiger partial charge in [0, 0.05) is 11.4 Å². The lowest BCUT2D eigenvalue weighted by atomic mass is 9.89. The molecule has 112 valence electrons. The second-order valence-corrected chi connectivity index (χ2v) is 8.22. The Bertz CT molecular complexity index is 530. The van der Waals surface area contributed by atoms with Gasteiger partial charge >= 0.3 is 0 Å². The molecule has 0 aromatic heterocycles. The summed E-state index contributed by atoms with van der Waals surface area (Å²) in [6.45, 7) is 0.510. The summed E-state index contributed by atoms with van der Waals surface area (Å²) in [4.78, 5) is 0.802. The molecule has 0 saturated heterocycles. The van der Waals surface area contributed by atoms with Crippen LogP contribution in [-0.4, -0.2) is 26.9 Å². The van der Waals surface area contributed by atoms with Crippen molar-refractivity contribution in [2.75, 3.05) is 13.7 Å². The van der Waals surface area contributed by atoms with Crippen molar-refractivity contribution in [1.29, 1.82) is 0 Å². The fourth-order valence-corrected chi connectivity index (χ4v) is 4.45. The normalized spacial score (nSPS) is 23.5. The van der Waals surface area contributed by atoms with Gasteiger partial charge in [0.05, 0.1) is 12.0 Å². The van der Waals surface area contributed by atoms with E-state index in [1.54, 1.807) is 31.4 Å². The van der Waals surface area contributed by atoms with E-state index in [1.165, 1.54) is 6.42 Å². The van der Waals surface area contributed by atoms with Crippen molar-refractivity contribution >= 4 is 26.0 Å². The lowest BCUT2D eigenvalue weighted by molar-refractivity contribution is 0.368. The highest BCUT2D eigenvalue weighted by atomic mass is 79.9. The van der Waals surface area contributed by atoms with Crippen molar-refractivity contribution in [3.8, 4) is 5.75 Å². The quantitative estimate of drug-likeness (QED) is 0.820. The molecule has 4 nitrogen and oxygen atoms in total. The van der Waals surface area contributed by atoms with Gasteiger partial charge in [0.2, 0.25) is 10.0 Å². The number of benzene rings is 1. The van der Waals surface area contributed by atoms with Crippen LogP contribution >= 0.6 is 15.9 Å². The van der Waals surface area contributed by atoms with E-state index in [-0.39, 0.29) is 4.90 Å². The molecule has 6 heteroatoms. The summed E-state index contributed by atoms with van der Waals surface area (Å²) >= 11 is 3.62. The van der Waals surface area contributed by atoms with Gasteiger partial charge in [-0.1, -0.05) is 22.4 Å². The van der Waals surface area contributed by atoms with Crippen LogP contribution in [-0.2, 0) is 10.0 Å². The molecule has 0 bridgehead atoms. The lowest BCUT2D eigenvalue weighted by Gasteiger charge is -2.25. The van der Waals surface area contributed by atoms with Crippen LogP contribution in [0.4, 0.5) is 0 Å². The average Bonchev–Trinajstić information content (AvgIpc) is 2.45. The van der Waals surface area contributed by atoms with Crippen molar-refractivity contribution < 1.29 is 13.2 Å². The molecule has 1 aromatic rings. The van der Waals surface area contributed by atoms with E-state index >= 15 is 0 Å². The highest BCUT2D eigenvalue weighted by molar-refractivity contribution is 9.09. The zero-order chi connectivity index (χ0) is 14.6. The average molecular weight is 362 g/mol. The zero-order valence-corrected chi connectivity index (χ0v) is 13.9. The molecule has 1 aromatic carbocycles. The van der Waals surface area contributed by atoms with Crippen LogP contribution in [0.15, 0.2) is 29.2 Å². The maximum Gasteiger partial charge on any atom is 0.240 e. The van der Waals surface area contributed by atoms with Crippen LogP contribution in [0.5, 0.6) is 5.75 Å². The van der Waals surface area contributed by atoms with Gasteiger partial charge < -0.3 is 4.74 Å².